The average molecular weight is 292 g/mol. The molecule has 0 saturated heterocycles. The van der Waals surface area contributed by atoms with E-state index < -0.39 is 5.54 Å². The molecule has 1 aliphatic carbocycles. The number of nitrogens with one attached hydrogen (secondary N) is 1. The Hall–Kier alpha value is -1.00. The summed E-state index contributed by atoms with van der Waals surface area (Å²) in [5, 5.41) is 3.28. The van der Waals surface area contributed by atoms with E-state index in [0.717, 1.165) is 0 Å². The quantitative estimate of drug-likeness (QED) is 0.792. The SMILES string of the molecule is CC(C)NC(C)(CSc1ccc2c(c1)CCC2)C(N)=O. The lowest BCUT2D eigenvalue weighted by Gasteiger charge is -2.29. The molecule has 1 atom stereocenters. The number of rotatable bonds is 6. The Morgan fingerprint density at radius 3 is 2.75 bits per heavy atom. The van der Waals surface area contributed by atoms with E-state index in [1.165, 1.54) is 35.3 Å². The van der Waals surface area contributed by atoms with E-state index in [2.05, 4.69) is 23.5 Å². The van der Waals surface area contributed by atoms with Crippen LogP contribution in [0.25, 0.3) is 0 Å². The Kier molecular flexibility index (Phi) is 4.76. The number of amides is 1. The third-order valence-electron chi connectivity index (χ3n) is 3.75. The molecule has 2 rings (SSSR count). The number of benzene rings is 1. The van der Waals surface area contributed by atoms with Crippen LogP contribution in [-0.4, -0.2) is 23.2 Å². The number of fused-ring (bicyclic) bond motifs is 1. The summed E-state index contributed by atoms with van der Waals surface area (Å²) in [6.07, 6.45) is 3.65. The van der Waals surface area contributed by atoms with Crippen LogP contribution in [0.1, 0.15) is 38.3 Å². The minimum absolute atomic E-state index is 0.230. The second-order valence-electron chi connectivity index (χ2n) is 6.07. The number of nitrogens with two attached hydrogens (primary N) is 1. The number of carbonyl (C=O) groups is 1. The number of primary amides is 1. The fraction of sp³-hybridized carbons (Fsp3) is 0.562. The van der Waals surface area contributed by atoms with Gasteiger partial charge in [0.15, 0.2) is 0 Å². The summed E-state index contributed by atoms with van der Waals surface area (Å²) in [5.74, 6) is 0.360. The third kappa shape index (κ3) is 3.55. The molecule has 0 aliphatic heterocycles. The molecule has 1 aromatic carbocycles. The van der Waals surface area contributed by atoms with E-state index in [0.29, 0.717) is 5.75 Å². The molecule has 0 spiro atoms. The van der Waals surface area contributed by atoms with Gasteiger partial charge in [0.05, 0.1) is 0 Å². The van der Waals surface area contributed by atoms with Crippen molar-refractivity contribution in [1.29, 1.82) is 0 Å². The number of hydrogen-bond acceptors (Lipinski definition) is 3. The summed E-state index contributed by atoms with van der Waals surface area (Å²) < 4.78 is 0. The zero-order chi connectivity index (χ0) is 14.8. The first-order valence-electron chi connectivity index (χ1n) is 7.23. The number of carbonyl (C=O) groups excluding carboxylic acids is 1. The van der Waals surface area contributed by atoms with Crippen molar-refractivity contribution in [2.75, 3.05) is 5.75 Å². The minimum atomic E-state index is -0.669. The van der Waals surface area contributed by atoms with Gasteiger partial charge in [0, 0.05) is 16.7 Å². The Bertz CT molecular complexity index is 501. The van der Waals surface area contributed by atoms with E-state index in [1.807, 2.05) is 20.8 Å². The predicted octanol–water partition coefficient (Wildman–Crippen LogP) is 2.51. The Balaban J connectivity index is 2.04. The van der Waals surface area contributed by atoms with Crippen LogP contribution in [0.2, 0.25) is 0 Å². The van der Waals surface area contributed by atoms with Gasteiger partial charge in [0.2, 0.25) is 5.91 Å². The summed E-state index contributed by atoms with van der Waals surface area (Å²) in [7, 11) is 0. The van der Waals surface area contributed by atoms with Crippen LogP contribution >= 0.6 is 11.8 Å². The molecule has 1 amide bonds. The fourth-order valence-corrected chi connectivity index (χ4v) is 3.76. The van der Waals surface area contributed by atoms with Gasteiger partial charge in [-0.1, -0.05) is 6.07 Å². The number of hydrogen-bond donors (Lipinski definition) is 2. The summed E-state index contributed by atoms with van der Waals surface area (Å²) in [6, 6.07) is 6.88. The van der Waals surface area contributed by atoms with Crippen molar-refractivity contribution < 1.29 is 4.79 Å². The van der Waals surface area contributed by atoms with Crippen molar-refractivity contribution in [2.24, 2.45) is 5.73 Å². The van der Waals surface area contributed by atoms with Crippen LogP contribution in [0.4, 0.5) is 0 Å². The van der Waals surface area contributed by atoms with Crippen molar-refractivity contribution in [1.82, 2.24) is 5.32 Å². The molecular weight excluding hydrogens is 268 g/mol. The maximum absolute atomic E-state index is 11.7. The van der Waals surface area contributed by atoms with E-state index in [-0.39, 0.29) is 11.9 Å². The Morgan fingerprint density at radius 1 is 1.40 bits per heavy atom. The molecular formula is C16H24N2OS. The lowest BCUT2D eigenvalue weighted by molar-refractivity contribution is -0.123. The molecule has 1 aromatic rings. The summed E-state index contributed by atoms with van der Waals surface area (Å²) in [6.45, 7) is 5.94. The molecule has 110 valence electrons. The maximum Gasteiger partial charge on any atom is 0.238 e. The van der Waals surface area contributed by atoms with Gasteiger partial charge in [0.1, 0.15) is 5.54 Å². The second-order valence-corrected chi connectivity index (χ2v) is 7.12. The first-order valence-corrected chi connectivity index (χ1v) is 8.21. The van der Waals surface area contributed by atoms with Gasteiger partial charge in [-0.3, -0.25) is 4.79 Å². The largest absolute Gasteiger partial charge is 0.368 e. The average Bonchev–Trinajstić information content (AvgIpc) is 2.82. The van der Waals surface area contributed by atoms with Crippen LogP contribution in [0.5, 0.6) is 0 Å². The topological polar surface area (TPSA) is 55.1 Å². The van der Waals surface area contributed by atoms with Crippen molar-refractivity contribution >= 4 is 17.7 Å². The predicted molar refractivity (Wildman–Crippen MR) is 85.1 cm³/mol. The van der Waals surface area contributed by atoms with E-state index >= 15 is 0 Å². The highest BCUT2D eigenvalue weighted by Gasteiger charge is 2.31. The fourth-order valence-electron chi connectivity index (χ4n) is 2.69. The standard InChI is InChI=1S/C16H24N2OS/c1-11(2)18-16(3,15(17)19)10-20-14-8-7-12-5-4-6-13(12)9-14/h7-9,11,18H,4-6,10H2,1-3H3,(H2,17,19). The van der Waals surface area contributed by atoms with Crippen LogP contribution < -0.4 is 11.1 Å². The molecule has 0 radical (unpaired) electrons. The van der Waals surface area contributed by atoms with Crippen LogP contribution in [0.3, 0.4) is 0 Å². The number of aryl methyl sites for hydroxylation is 2. The Labute approximate surface area is 125 Å². The molecule has 0 aromatic heterocycles. The third-order valence-corrected chi connectivity index (χ3v) is 5.06. The van der Waals surface area contributed by atoms with Gasteiger partial charge >= 0.3 is 0 Å². The van der Waals surface area contributed by atoms with Gasteiger partial charge in [-0.25, -0.2) is 0 Å². The smallest absolute Gasteiger partial charge is 0.238 e. The van der Waals surface area contributed by atoms with Gasteiger partial charge < -0.3 is 11.1 Å². The first kappa shape index (κ1) is 15.4. The van der Waals surface area contributed by atoms with Crippen molar-refractivity contribution in [3.8, 4) is 0 Å². The molecule has 1 aliphatic rings. The molecule has 0 bridgehead atoms. The zero-order valence-corrected chi connectivity index (χ0v) is 13.3. The van der Waals surface area contributed by atoms with Crippen molar-refractivity contribution in [3.05, 3.63) is 29.3 Å². The van der Waals surface area contributed by atoms with Crippen molar-refractivity contribution in [3.63, 3.8) is 0 Å². The van der Waals surface area contributed by atoms with Gasteiger partial charge in [0.25, 0.3) is 0 Å². The molecule has 0 saturated carbocycles. The maximum atomic E-state index is 11.7. The minimum Gasteiger partial charge on any atom is -0.368 e. The normalized spacial score (nSPS) is 17.0. The lowest BCUT2D eigenvalue weighted by atomic mass is 10.0. The highest BCUT2D eigenvalue weighted by molar-refractivity contribution is 7.99. The molecule has 0 heterocycles. The van der Waals surface area contributed by atoms with Crippen LogP contribution in [0, 0.1) is 0 Å². The summed E-state index contributed by atoms with van der Waals surface area (Å²) in [5.41, 5.74) is 7.83. The monoisotopic (exact) mass is 292 g/mol. The zero-order valence-electron chi connectivity index (χ0n) is 12.5. The highest BCUT2D eigenvalue weighted by atomic mass is 32.2. The second kappa shape index (κ2) is 6.19. The molecule has 0 fully saturated rings. The molecule has 4 heteroatoms. The number of thioether (sulfide) groups is 1. The molecule has 3 nitrogen and oxygen atoms in total. The highest BCUT2D eigenvalue weighted by Crippen LogP contribution is 2.29. The van der Waals surface area contributed by atoms with E-state index in [4.69, 9.17) is 5.73 Å². The van der Waals surface area contributed by atoms with Crippen LogP contribution in [-0.2, 0) is 17.6 Å². The molecule has 20 heavy (non-hydrogen) atoms. The summed E-state index contributed by atoms with van der Waals surface area (Å²) >= 11 is 1.70. The van der Waals surface area contributed by atoms with Crippen molar-refractivity contribution in [2.45, 2.75) is 56.5 Å². The first-order chi connectivity index (χ1) is 9.40. The Morgan fingerprint density at radius 2 is 2.10 bits per heavy atom. The van der Waals surface area contributed by atoms with Crippen LogP contribution in [0.15, 0.2) is 23.1 Å². The lowest BCUT2D eigenvalue weighted by Crippen LogP contribution is -2.57. The van der Waals surface area contributed by atoms with E-state index in [9.17, 15) is 4.79 Å². The van der Waals surface area contributed by atoms with Gasteiger partial charge in [-0.05, 0) is 63.3 Å². The summed E-state index contributed by atoms with van der Waals surface area (Å²) in [4.78, 5) is 12.9. The molecule has 3 N–H and O–H groups in total. The molecule has 1 unspecified atom stereocenters. The van der Waals surface area contributed by atoms with Gasteiger partial charge in [-0.2, -0.15) is 0 Å². The van der Waals surface area contributed by atoms with Gasteiger partial charge in [-0.15, -0.1) is 11.8 Å². The van der Waals surface area contributed by atoms with E-state index in [1.54, 1.807) is 11.8 Å².